The number of carbonyl (C=O) groups excluding carboxylic acids is 2. The van der Waals surface area contributed by atoms with Crippen LogP contribution >= 0.6 is 0 Å². The van der Waals surface area contributed by atoms with Gasteiger partial charge in [-0.2, -0.15) is 0 Å². The number of hydrogen-bond acceptors (Lipinski definition) is 3. The number of fused-ring (bicyclic) bond motifs is 1. The van der Waals surface area contributed by atoms with Crippen LogP contribution in [0, 0.1) is 5.41 Å². The molecule has 1 aliphatic rings. The van der Waals surface area contributed by atoms with Crippen molar-refractivity contribution in [2.24, 2.45) is 5.41 Å². The number of nitrogens with one attached hydrogen (secondary N) is 2. The van der Waals surface area contributed by atoms with Crippen LogP contribution in [0.2, 0.25) is 0 Å². The number of aromatic amines is 1. The minimum Gasteiger partial charge on any atom is -0.393 e. The molecule has 2 amide bonds. The van der Waals surface area contributed by atoms with Crippen LogP contribution in [-0.2, 0) is 16.1 Å². The molecule has 1 aromatic carbocycles. The Labute approximate surface area is 159 Å². The van der Waals surface area contributed by atoms with Crippen molar-refractivity contribution in [1.29, 1.82) is 0 Å². The number of rotatable bonds is 6. The minimum absolute atomic E-state index is 0.00940. The number of aromatic nitrogens is 1. The largest absolute Gasteiger partial charge is 0.393 e. The Hall–Kier alpha value is -2.34. The molecular formula is C21H29N3O3. The number of hydrogen-bond donors (Lipinski definition) is 3. The maximum atomic E-state index is 12.6. The Morgan fingerprint density at radius 1 is 1.37 bits per heavy atom. The number of nitrogens with zero attached hydrogens (tertiary/aromatic N) is 1. The molecule has 0 bridgehead atoms. The van der Waals surface area contributed by atoms with Crippen molar-refractivity contribution in [3.05, 3.63) is 36.0 Å². The molecule has 2 heterocycles. The highest BCUT2D eigenvalue weighted by molar-refractivity contribution is 5.91. The van der Waals surface area contributed by atoms with Gasteiger partial charge in [0.2, 0.25) is 11.8 Å². The van der Waals surface area contributed by atoms with E-state index in [9.17, 15) is 14.7 Å². The fourth-order valence-electron chi connectivity index (χ4n) is 3.53. The molecule has 0 aliphatic carbocycles. The maximum Gasteiger partial charge on any atom is 0.242 e. The first kappa shape index (κ1) is 19.4. The zero-order chi connectivity index (χ0) is 19.6. The first-order valence-electron chi connectivity index (χ1n) is 9.57. The second-order valence-corrected chi connectivity index (χ2v) is 8.40. The van der Waals surface area contributed by atoms with Crippen LogP contribution < -0.4 is 5.32 Å². The summed E-state index contributed by atoms with van der Waals surface area (Å²) in [6.07, 6.45) is 2.86. The van der Waals surface area contributed by atoms with Gasteiger partial charge in [-0.25, -0.2) is 0 Å². The Morgan fingerprint density at radius 3 is 2.85 bits per heavy atom. The average Bonchev–Trinajstić information content (AvgIpc) is 3.19. The van der Waals surface area contributed by atoms with Gasteiger partial charge >= 0.3 is 0 Å². The first-order chi connectivity index (χ1) is 12.8. The molecule has 2 atom stereocenters. The third-order valence-corrected chi connectivity index (χ3v) is 5.36. The fourth-order valence-corrected chi connectivity index (χ4v) is 3.53. The fraction of sp³-hybridized carbons (Fsp3) is 0.524. The van der Waals surface area contributed by atoms with Gasteiger partial charge in [0.15, 0.2) is 0 Å². The predicted octanol–water partition coefficient (Wildman–Crippen LogP) is 2.57. The smallest absolute Gasteiger partial charge is 0.242 e. The van der Waals surface area contributed by atoms with Crippen molar-refractivity contribution < 1.29 is 14.7 Å². The normalized spacial score (nSPS) is 18.9. The van der Waals surface area contributed by atoms with Crippen molar-refractivity contribution in [3.8, 4) is 0 Å². The van der Waals surface area contributed by atoms with E-state index in [1.54, 1.807) is 4.90 Å². The van der Waals surface area contributed by atoms with Gasteiger partial charge in [-0.05, 0) is 29.9 Å². The van der Waals surface area contributed by atoms with Crippen LogP contribution in [0.3, 0.4) is 0 Å². The highest BCUT2D eigenvalue weighted by Gasteiger charge is 2.36. The predicted molar refractivity (Wildman–Crippen MR) is 105 cm³/mol. The van der Waals surface area contributed by atoms with E-state index in [2.05, 4.69) is 10.3 Å². The lowest BCUT2D eigenvalue weighted by Crippen LogP contribution is -2.45. The number of para-hydroxylation sites is 1. The maximum absolute atomic E-state index is 12.6. The lowest BCUT2D eigenvalue weighted by molar-refractivity contribution is -0.135. The van der Waals surface area contributed by atoms with Crippen LogP contribution in [0.1, 0.15) is 45.6 Å². The van der Waals surface area contributed by atoms with Crippen LogP contribution in [-0.4, -0.2) is 45.5 Å². The topological polar surface area (TPSA) is 85.4 Å². The zero-order valence-corrected chi connectivity index (χ0v) is 16.3. The van der Waals surface area contributed by atoms with Crippen molar-refractivity contribution in [2.45, 2.75) is 58.7 Å². The van der Waals surface area contributed by atoms with Gasteiger partial charge in [-0.15, -0.1) is 0 Å². The number of amides is 2. The minimum atomic E-state index is -0.481. The number of benzene rings is 1. The average molecular weight is 371 g/mol. The third kappa shape index (κ3) is 4.33. The van der Waals surface area contributed by atoms with Crippen LogP contribution in [0.5, 0.6) is 0 Å². The van der Waals surface area contributed by atoms with E-state index in [0.717, 1.165) is 16.5 Å². The molecule has 6 heteroatoms. The number of aliphatic hydroxyl groups is 1. The van der Waals surface area contributed by atoms with Crippen LogP contribution in [0.25, 0.3) is 10.9 Å². The van der Waals surface area contributed by atoms with Gasteiger partial charge in [0.1, 0.15) is 6.04 Å². The molecule has 1 aliphatic heterocycles. The summed E-state index contributed by atoms with van der Waals surface area (Å²) in [5, 5.41) is 14.1. The molecule has 2 unspecified atom stereocenters. The monoisotopic (exact) mass is 371 g/mol. The highest BCUT2D eigenvalue weighted by Crippen LogP contribution is 2.26. The Bertz CT molecular complexity index is 821. The summed E-state index contributed by atoms with van der Waals surface area (Å²) in [7, 11) is 0. The van der Waals surface area contributed by atoms with E-state index in [1.807, 2.05) is 51.2 Å². The van der Waals surface area contributed by atoms with E-state index >= 15 is 0 Å². The summed E-state index contributed by atoms with van der Waals surface area (Å²) in [5.74, 6) is -0.128. The summed E-state index contributed by atoms with van der Waals surface area (Å²) < 4.78 is 0. The third-order valence-electron chi connectivity index (χ3n) is 5.36. The van der Waals surface area contributed by atoms with Crippen LogP contribution in [0.15, 0.2) is 30.5 Å². The molecule has 3 N–H and O–H groups in total. The van der Waals surface area contributed by atoms with E-state index in [0.29, 0.717) is 32.4 Å². The Kier molecular flexibility index (Phi) is 5.56. The van der Waals surface area contributed by atoms with Crippen LogP contribution in [0.4, 0.5) is 0 Å². The standard InChI is InChI=1S/C21H29N3O3/c1-21(2,3)18(25)10-11-22-20(27)17-8-9-19(26)24(17)13-14-12-23-16-7-5-4-6-15(14)16/h4-7,12,17-18,23,25H,8-11,13H2,1-3H3,(H,22,27). The molecule has 6 nitrogen and oxygen atoms in total. The quantitative estimate of drug-likeness (QED) is 0.729. The second kappa shape index (κ2) is 7.72. The summed E-state index contributed by atoms with van der Waals surface area (Å²) in [4.78, 5) is 29.9. The molecule has 3 rings (SSSR count). The summed E-state index contributed by atoms with van der Waals surface area (Å²) in [5.41, 5.74) is 1.83. The molecule has 1 saturated heterocycles. The molecule has 0 spiro atoms. The molecule has 146 valence electrons. The Balaban J connectivity index is 1.63. The SMILES string of the molecule is CC(C)(C)C(O)CCNC(=O)C1CCC(=O)N1Cc1c[nH]c2ccccc12. The second-order valence-electron chi connectivity index (χ2n) is 8.40. The van der Waals surface area contributed by atoms with E-state index in [-0.39, 0.29) is 17.2 Å². The van der Waals surface area contributed by atoms with Crippen molar-refractivity contribution in [1.82, 2.24) is 15.2 Å². The molecule has 2 aromatic rings. The van der Waals surface area contributed by atoms with E-state index in [1.165, 1.54) is 0 Å². The molecule has 1 fully saturated rings. The lowest BCUT2D eigenvalue weighted by Gasteiger charge is -2.27. The van der Waals surface area contributed by atoms with E-state index < -0.39 is 12.1 Å². The molecular weight excluding hydrogens is 342 g/mol. The van der Waals surface area contributed by atoms with Gasteiger partial charge in [-0.3, -0.25) is 9.59 Å². The Morgan fingerprint density at radius 2 is 2.11 bits per heavy atom. The summed E-state index contributed by atoms with van der Waals surface area (Å²) in [6, 6.07) is 7.50. The number of H-pyrrole nitrogens is 1. The van der Waals surface area contributed by atoms with E-state index in [4.69, 9.17) is 0 Å². The molecule has 0 saturated carbocycles. The van der Waals surface area contributed by atoms with Crippen molar-refractivity contribution in [3.63, 3.8) is 0 Å². The van der Waals surface area contributed by atoms with Gasteiger partial charge in [-0.1, -0.05) is 39.0 Å². The first-order valence-corrected chi connectivity index (χ1v) is 9.57. The highest BCUT2D eigenvalue weighted by atomic mass is 16.3. The van der Waals surface area contributed by atoms with Gasteiger partial charge in [0.25, 0.3) is 0 Å². The number of aliphatic hydroxyl groups excluding tert-OH is 1. The molecule has 27 heavy (non-hydrogen) atoms. The zero-order valence-electron chi connectivity index (χ0n) is 16.3. The summed E-state index contributed by atoms with van der Waals surface area (Å²) in [6.45, 7) is 6.74. The number of carbonyl (C=O) groups is 2. The lowest BCUT2D eigenvalue weighted by atomic mass is 9.87. The van der Waals surface area contributed by atoms with Crippen molar-refractivity contribution in [2.75, 3.05) is 6.54 Å². The number of likely N-dealkylation sites (tertiary alicyclic amines) is 1. The molecule has 1 aromatic heterocycles. The van der Waals surface area contributed by atoms with Gasteiger partial charge in [0.05, 0.1) is 6.10 Å². The van der Waals surface area contributed by atoms with Crippen molar-refractivity contribution >= 4 is 22.7 Å². The van der Waals surface area contributed by atoms with Gasteiger partial charge < -0.3 is 20.3 Å². The molecule has 0 radical (unpaired) electrons. The van der Waals surface area contributed by atoms with Gasteiger partial charge in [0, 0.05) is 36.6 Å². The summed E-state index contributed by atoms with van der Waals surface area (Å²) >= 11 is 0.